The van der Waals surface area contributed by atoms with E-state index in [1.807, 2.05) is 9.44 Å². The second kappa shape index (κ2) is 26.7. The maximum absolute atomic E-state index is 13.5. The highest BCUT2D eigenvalue weighted by Gasteiger charge is 2.35. The zero-order valence-corrected chi connectivity index (χ0v) is 38.5. The van der Waals surface area contributed by atoms with Crippen LogP contribution in [-0.2, 0) is 48.7 Å². The molecular weight excluding hydrogens is 976 g/mol. The predicted molar refractivity (Wildman–Crippen MR) is 246 cm³/mol. The Morgan fingerprint density at radius 2 is 0.812 bits per heavy atom. The van der Waals surface area contributed by atoms with Crippen molar-refractivity contribution in [2.45, 2.75) is 35.7 Å². The summed E-state index contributed by atoms with van der Waals surface area (Å²) < 4.78 is 79.5. The molecule has 0 heterocycles. The predicted octanol–water partition coefficient (Wildman–Crippen LogP) is 1.32. The highest BCUT2D eigenvalue weighted by atomic mass is 35.5. The number of nitrogen functional groups attached to an aromatic ring is 2. The van der Waals surface area contributed by atoms with Crippen LogP contribution < -0.4 is 41.0 Å². The van der Waals surface area contributed by atoms with Crippen molar-refractivity contribution in [1.82, 2.24) is 20.1 Å². The van der Waals surface area contributed by atoms with Gasteiger partial charge in [0.05, 0.1) is 50.4 Å². The Labute approximate surface area is 400 Å². The quantitative estimate of drug-likeness (QED) is 0.0159. The molecule has 0 spiro atoms. The van der Waals surface area contributed by atoms with Crippen molar-refractivity contribution in [3.63, 3.8) is 0 Å². The van der Waals surface area contributed by atoms with E-state index < -0.39 is 91.5 Å². The van der Waals surface area contributed by atoms with Crippen LogP contribution in [0.2, 0.25) is 0 Å². The summed E-state index contributed by atoms with van der Waals surface area (Å²) in [4.78, 5) is 71.1. The Morgan fingerprint density at radius 3 is 1.10 bits per heavy atom. The third-order valence-corrected chi connectivity index (χ3v) is 12.5. The molecule has 0 bridgehead atoms. The molecule has 0 amide bonds. The van der Waals surface area contributed by atoms with Crippen LogP contribution in [0.1, 0.15) is 55.4 Å². The lowest BCUT2D eigenvalue weighted by atomic mass is 10.2. The van der Waals surface area contributed by atoms with E-state index in [4.69, 9.17) is 40.6 Å². The fourth-order valence-corrected chi connectivity index (χ4v) is 9.03. The molecule has 4 aromatic rings. The zero-order valence-electron chi connectivity index (χ0n) is 36.1. The minimum atomic E-state index is -4.67. The fraction of sp³-hybridized carbons (Fsp3) is 0.286. The van der Waals surface area contributed by atoms with Crippen molar-refractivity contribution < 1.29 is 85.0 Å². The summed E-state index contributed by atoms with van der Waals surface area (Å²) >= 11 is 0. The molecule has 2 unspecified atom stereocenters. The van der Waals surface area contributed by atoms with Crippen molar-refractivity contribution in [2.24, 2.45) is 0 Å². The smallest absolute Gasteiger partial charge is 0.343 e. The van der Waals surface area contributed by atoms with Crippen LogP contribution in [0, 0.1) is 0 Å². The average Bonchev–Trinajstić information content (AvgIpc) is 3.27. The molecule has 0 aliphatic rings. The maximum Gasteiger partial charge on any atom is 0.343 e. The lowest BCUT2D eigenvalue weighted by Gasteiger charge is -2.23. The van der Waals surface area contributed by atoms with Crippen LogP contribution in [0.4, 0.5) is 11.4 Å². The number of halogens is 1. The summed E-state index contributed by atoms with van der Waals surface area (Å²) in [6.07, 6.45) is -2.13. The van der Waals surface area contributed by atoms with Crippen LogP contribution >= 0.6 is 12.4 Å². The number of anilines is 2. The molecule has 374 valence electrons. The Hall–Kier alpha value is -6.75. The lowest BCUT2D eigenvalue weighted by molar-refractivity contribution is -0.145. The van der Waals surface area contributed by atoms with Gasteiger partial charge in [-0.1, -0.05) is 24.3 Å². The van der Waals surface area contributed by atoms with Gasteiger partial charge < -0.3 is 50.8 Å². The van der Waals surface area contributed by atoms with Crippen molar-refractivity contribution in [3.05, 3.63) is 119 Å². The summed E-state index contributed by atoms with van der Waals surface area (Å²) in [5.41, 5.74) is 12.6. The molecular formula is C42H49ClN6O18S2. The highest BCUT2D eigenvalue weighted by molar-refractivity contribution is 7.90. The lowest BCUT2D eigenvalue weighted by Crippen LogP contribution is -2.47. The molecule has 4 aromatic carbocycles. The third-order valence-electron chi connectivity index (χ3n) is 9.19. The van der Waals surface area contributed by atoms with Gasteiger partial charge in [-0.25, -0.2) is 26.4 Å². The van der Waals surface area contributed by atoms with Gasteiger partial charge in [-0.2, -0.15) is 9.44 Å². The van der Waals surface area contributed by atoms with Gasteiger partial charge in [0.15, 0.2) is 10.7 Å². The second-order valence-corrected chi connectivity index (χ2v) is 18.0. The van der Waals surface area contributed by atoms with Gasteiger partial charge in [0, 0.05) is 24.5 Å². The maximum atomic E-state index is 13.5. The Kier molecular flexibility index (Phi) is 21.9. The molecule has 0 aromatic heterocycles. The first-order chi connectivity index (χ1) is 32.1. The molecule has 69 heavy (non-hydrogen) atoms. The first kappa shape index (κ1) is 56.6. The molecule has 27 heteroatoms. The number of carboxylic acids is 4. The van der Waals surface area contributed by atoms with E-state index in [1.54, 1.807) is 0 Å². The number of hydrogen-bond donors (Lipinski definition) is 10. The summed E-state index contributed by atoms with van der Waals surface area (Å²) in [7, 11) is -9.33. The molecule has 4 atom stereocenters. The van der Waals surface area contributed by atoms with E-state index in [2.05, 4.69) is 10.6 Å². The molecule has 0 saturated carbocycles. The number of nitrogens with two attached hydrogens (primary N) is 2. The molecule has 0 fully saturated rings. The minimum Gasteiger partial charge on any atom is -0.481 e. The average molecular weight is 1030 g/mol. The van der Waals surface area contributed by atoms with E-state index in [0.29, 0.717) is 11.4 Å². The second-order valence-electron chi connectivity index (χ2n) is 14.4. The van der Waals surface area contributed by atoms with Gasteiger partial charge >= 0.3 is 35.8 Å². The molecule has 0 aliphatic carbocycles. The number of rotatable bonds is 29. The first-order valence-electron chi connectivity index (χ1n) is 20.0. The number of aliphatic carboxylic acids is 4. The van der Waals surface area contributed by atoms with Crippen molar-refractivity contribution in [3.8, 4) is 11.5 Å². The number of carbonyl (C=O) groups is 6. The number of ether oxygens (including phenoxy) is 4. The molecule has 4 rings (SSSR count). The van der Waals surface area contributed by atoms with Gasteiger partial charge in [0.25, 0.3) is 0 Å². The molecule has 0 aliphatic heterocycles. The van der Waals surface area contributed by atoms with Crippen LogP contribution in [0.3, 0.4) is 0 Å². The normalized spacial score (nSPS) is 13.2. The molecule has 0 radical (unpaired) electrons. The topological polar surface area (TPSA) is 389 Å². The van der Waals surface area contributed by atoms with E-state index >= 15 is 0 Å². The monoisotopic (exact) mass is 1020 g/mol. The van der Waals surface area contributed by atoms with E-state index in [1.165, 1.54) is 97.1 Å². The fourth-order valence-electron chi connectivity index (χ4n) is 5.89. The summed E-state index contributed by atoms with van der Waals surface area (Å²) in [5, 5.41) is 39.4. The summed E-state index contributed by atoms with van der Waals surface area (Å²) in [5.74, 6) is -8.01. The minimum absolute atomic E-state index is 0. The van der Waals surface area contributed by atoms with E-state index in [0.717, 1.165) is 0 Å². The Bertz CT molecular complexity index is 2430. The number of esters is 2. The van der Waals surface area contributed by atoms with Gasteiger partial charge in [0.2, 0.25) is 20.0 Å². The van der Waals surface area contributed by atoms with Crippen LogP contribution in [0.5, 0.6) is 11.5 Å². The number of carbonyl (C=O) groups excluding carboxylic acids is 2. The van der Waals surface area contributed by atoms with Gasteiger partial charge in [0.1, 0.15) is 23.6 Å². The molecule has 0 saturated heterocycles. The van der Waals surface area contributed by atoms with Gasteiger partial charge in [-0.05, 0) is 83.9 Å². The highest BCUT2D eigenvalue weighted by Crippen LogP contribution is 2.25. The Morgan fingerprint density at radius 1 is 0.493 bits per heavy atom. The molecule has 12 N–H and O–H groups in total. The largest absolute Gasteiger partial charge is 0.481 e. The van der Waals surface area contributed by atoms with Crippen molar-refractivity contribution in [2.75, 3.05) is 51.0 Å². The standard InChI is InChI=1S/C42H48N6O18S2.ClH/c43-29-9-1-27(2-10-29)41(57)65-31-13-5-25(6-14-31)37(67(59,60)47-33(39(53)54)23-35(49)50)45-17-19-63-21-22-64-20-18-46-38(68(61,62)48-34(40(55)56)24-36(51)52)26-7-15-32(16-8-26)66-42(58)28-3-11-30(44)12-4-28;/h1-16,33-34,37-38,45-48H,17-24,43-44H2,(H,49,50)(H,51,52)(H,53,54)(H,55,56);1H/t33-,34-,37?,38?;/m0./s1. The summed E-state index contributed by atoms with van der Waals surface area (Å²) in [6.45, 7) is -0.742. The number of carboxylic acid groups (broad SMARTS) is 4. The van der Waals surface area contributed by atoms with Crippen LogP contribution in [0.15, 0.2) is 97.1 Å². The van der Waals surface area contributed by atoms with Gasteiger partial charge in [-0.15, -0.1) is 12.4 Å². The van der Waals surface area contributed by atoms with Gasteiger partial charge in [-0.3, -0.25) is 29.8 Å². The van der Waals surface area contributed by atoms with Crippen LogP contribution in [-0.4, -0.2) is 125 Å². The zero-order chi connectivity index (χ0) is 50.0. The Balaban J connectivity index is 0.0000126. The first-order valence-corrected chi connectivity index (χ1v) is 23.1. The van der Waals surface area contributed by atoms with Crippen molar-refractivity contribution >= 4 is 79.6 Å². The molecule has 24 nitrogen and oxygen atoms in total. The third kappa shape index (κ3) is 18.3. The van der Waals surface area contributed by atoms with E-state index in [9.17, 15) is 55.8 Å². The number of sulfonamides is 2. The number of benzene rings is 4. The number of hydrogen-bond acceptors (Lipinski definition) is 18. The SMILES string of the molecule is Cl.Nc1ccc(C(=O)Oc2ccc(C(NCCOCCOCCNC(c3ccc(OC(=O)c4ccc(N)cc4)cc3)S(=O)(=O)N[C@@H](CC(=O)O)C(=O)O)S(=O)(=O)N[C@@H](CC(=O)O)C(=O)O)cc2)cc1. The van der Waals surface area contributed by atoms with E-state index in [-0.39, 0.29) is 85.7 Å². The number of nitrogens with one attached hydrogen (secondary N) is 4. The summed E-state index contributed by atoms with van der Waals surface area (Å²) in [6, 6.07) is 18.1. The van der Waals surface area contributed by atoms with Crippen LogP contribution in [0.25, 0.3) is 0 Å². The van der Waals surface area contributed by atoms with Crippen molar-refractivity contribution in [1.29, 1.82) is 0 Å².